The summed E-state index contributed by atoms with van der Waals surface area (Å²) in [5.41, 5.74) is 3.62. The summed E-state index contributed by atoms with van der Waals surface area (Å²) >= 11 is 3.19. The first-order chi connectivity index (χ1) is 18.7. The van der Waals surface area contributed by atoms with Gasteiger partial charge in [0.15, 0.2) is 16.7 Å². The van der Waals surface area contributed by atoms with Crippen molar-refractivity contribution in [3.8, 4) is 0 Å². The highest BCUT2D eigenvalue weighted by Crippen LogP contribution is 2.43. The van der Waals surface area contributed by atoms with Crippen molar-refractivity contribution in [2.75, 3.05) is 5.75 Å². The minimum absolute atomic E-state index is 0.0108. The van der Waals surface area contributed by atoms with Crippen molar-refractivity contribution < 1.29 is 28.9 Å². The van der Waals surface area contributed by atoms with E-state index in [9.17, 15) is 14.7 Å². The first-order valence-electron chi connectivity index (χ1n) is 12.7. The minimum atomic E-state index is -0.852. The zero-order valence-electron chi connectivity index (χ0n) is 22.3. The molecule has 2 heterocycles. The molecule has 0 aliphatic carbocycles. The van der Waals surface area contributed by atoms with Gasteiger partial charge in [-0.25, -0.2) is 0 Å². The van der Waals surface area contributed by atoms with E-state index in [0.29, 0.717) is 12.3 Å². The summed E-state index contributed by atoms with van der Waals surface area (Å²) in [6.45, 7) is 7.16. The molecule has 2 aromatic carbocycles. The molecule has 1 amide bonds. The molecule has 3 aromatic rings. The zero-order valence-corrected chi connectivity index (χ0v) is 24.0. The predicted octanol–water partition coefficient (Wildman–Crippen LogP) is 4.49. The molecule has 1 fully saturated rings. The molecule has 11 heteroatoms. The van der Waals surface area contributed by atoms with Crippen LogP contribution in [0.1, 0.15) is 60.4 Å². The second kappa shape index (κ2) is 13.5. The van der Waals surface area contributed by atoms with E-state index in [1.54, 1.807) is 23.1 Å². The summed E-state index contributed by atoms with van der Waals surface area (Å²) in [7, 11) is 0. The van der Waals surface area contributed by atoms with Crippen molar-refractivity contribution in [2.24, 2.45) is 5.92 Å². The van der Waals surface area contributed by atoms with Gasteiger partial charge in [-0.15, -0.1) is 10.2 Å². The number of nitrogens with one attached hydrogen (secondary N) is 1. The van der Waals surface area contributed by atoms with E-state index in [1.165, 1.54) is 13.8 Å². The number of thioether (sulfide) groups is 1. The van der Waals surface area contributed by atoms with Gasteiger partial charge in [0.25, 0.3) is 5.91 Å². The highest BCUT2D eigenvalue weighted by molar-refractivity contribution is 8.01. The average Bonchev–Trinajstić information content (AvgIpc) is 3.36. The third-order valence-electron chi connectivity index (χ3n) is 6.43. The van der Waals surface area contributed by atoms with Crippen molar-refractivity contribution in [1.29, 1.82) is 0 Å². The number of amides is 1. The maximum atomic E-state index is 12.2. The summed E-state index contributed by atoms with van der Waals surface area (Å²) < 4.78 is 18.8. The van der Waals surface area contributed by atoms with Crippen molar-refractivity contribution >= 4 is 35.0 Å². The van der Waals surface area contributed by atoms with Gasteiger partial charge in [-0.3, -0.25) is 9.59 Å². The number of aromatic nitrogens is 2. The fourth-order valence-corrected chi connectivity index (χ4v) is 6.23. The molecule has 39 heavy (non-hydrogen) atoms. The molecule has 1 saturated heterocycles. The van der Waals surface area contributed by atoms with Gasteiger partial charge in [-0.05, 0) is 30.5 Å². The Kier molecular flexibility index (Phi) is 10.1. The van der Waals surface area contributed by atoms with Gasteiger partial charge in [0.1, 0.15) is 5.01 Å². The Morgan fingerprint density at radius 1 is 1.08 bits per heavy atom. The Labute approximate surface area is 236 Å². The predicted molar refractivity (Wildman–Crippen MR) is 148 cm³/mol. The normalized spacial score (nSPS) is 21.8. The Bertz CT molecular complexity index is 1250. The largest absolute Gasteiger partial charge is 0.453 e. The number of aliphatic hydroxyl groups is 1. The molecule has 0 radical (unpaired) electrons. The Balaban J connectivity index is 1.47. The number of nitrogens with zero attached hydrogens (tertiary/aromatic N) is 2. The maximum absolute atomic E-state index is 12.2. The lowest BCUT2D eigenvalue weighted by Crippen LogP contribution is -2.38. The minimum Gasteiger partial charge on any atom is -0.453 e. The molecule has 0 bridgehead atoms. The van der Waals surface area contributed by atoms with Crippen molar-refractivity contribution in [3.05, 3.63) is 75.8 Å². The number of aliphatic hydroxyl groups excluding tert-OH is 1. The standard InChI is InChI=1S/C28H33N3O6S2/c1-16-24(15-38-28-31-30-18(3)39-28)36-27(37-25(16)22-9-7-21(14-32)8-10-22)23-11-5-20(6-12-23)13-29-26(34)17(2)35-19(4)33/h5-12,16-17,24-25,27,32H,13-15H2,1-4H3,(H,29,34)/t16-,17+,24+,25+,27+/m1/s1. The summed E-state index contributed by atoms with van der Waals surface area (Å²) in [4.78, 5) is 23.2. The van der Waals surface area contributed by atoms with Gasteiger partial charge >= 0.3 is 5.97 Å². The first kappa shape index (κ1) is 29.2. The zero-order chi connectivity index (χ0) is 27.9. The average molecular weight is 572 g/mol. The van der Waals surface area contributed by atoms with Crippen LogP contribution in [0, 0.1) is 12.8 Å². The lowest BCUT2D eigenvalue weighted by atomic mass is 9.91. The number of esters is 1. The van der Waals surface area contributed by atoms with E-state index in [4.69, 9.17) is 14.2 Å². The lowest BCUT2D eigenvalue weighted by molar-refractivity contribution is -0.268. The van der Waals surface area contributed by atoms with Crippen LogP contribution in [-0.4, -0.2) is 45.1 Å². The van der Waals surface area contributed by atoms with Crippen molar-refractivity contribution in [1.82, 2.24) is 15.5 Å². The molecule has 4 rings (SSSR count). The lowest BCUT2D eigenvalue weighted by Gasteiger charge is -2.41. The third kappa shape index (κ3) is 7.86. The molecule has 0 saturated carbocycles. The van der Waals surface area contributed by atoms with E-state index < -0.39 is 18.4 Å². The summed E-state index contributed by atoms with van der Waals surface area (Å²) in [5.74, 6) is -0.0906. The third-order valence-corrected chi connectivity index (χ3v) is 8.49. The number of hydrogen-bond acceptors (Lipinski definition) is 10. The van der Waals surface area contributed by atoms with Crippen molar-refractivity contribution in [3.63, 3.8) is 0 Å². The van der Waals surface area contributed by atoms with Crippen LogP contribution in [0.25, 0.3) is 0 Å². The molecule has 9 nitrogen and oxygen atoms in total. The van der Waals surface area contributed by atoms with E-state index in [2.05, 4.69) is 22.4 Å². The van der Waals surface area contributed by atoms with Crippen LogP contribution in [0.3, 0.4) is 0 Å². The van der Waals surface area contributed by atoms with Gasteiger partial charge in [-0.1, -0.05) is 78.6 Å². The maximum Gasteiger partial charge on any atom is 0.303 e. The molecule has 5 atom stereocenters. The number of aryl methyl sites for hydroxylation is 1. The molecule has 0 unspecified atom stereocenters. The van der Waals surface area contributed by atoms with Crippen molar-refractivity contribution in [2.45, 2.75) is 69.8 Å². The van der Waals surface area contributed by atoms with Crippen LogP contribution in [-0.2, 0) is 37.0 Å². The number of carbonyl (C=O) groups excluding carboxylic acids is 2. The second-order valence-electron chi connectivity index (χ2n) is 9.43. The van der Waals surface area contributed by atoms with Gasteiger partial charge < -0.3 is 24.6 Å². The molecule has 1 aliphatic heterocycles. The SMILES string of the molecule is CC(=O)O[C@@H](C)C(=O)NCc1ccc([C@H]2O[C@@H](CSc3nnc(C)s3)[C@@H](C)[C@@H](c3ccc(CO)cc3)O2)cc1. The molecule has 1 aromatic heterocycles. The molecular weight excluding hydrogens is 538 g/mol. The van der Waals surface area contributed by atoms with Crippen LogP contribution in [0.2, 0.25) is 0 Å². The number of rotatable bonds is 10. The Morgan fingerprint density at radius 2 is 1.74 bits per heavy atom. The highest BCUT2D eigenvalue weighted by Gasteiger charge is 2.38. The topological polar surface area (TPSA) is 120 Å². The van der Waals surface area contributed by atoms with Gasteiger partial charge in [-0.2, -0.15) is 0 Å². The fourth-order valence-electron chi connectivity index (χ4n) is 4.23. The van der Waals surface area contributed by atoms with E-state index in [-0.39, 0.29) is 30.6 Å². The smallest absolute Gasteiger partial charge is 0.303 e. The van der Waals surface area contributed by atoms with E-state index in [0.717, 1.165) is 31.6 Å². The molecule has 208 valence electrons. The van der Waals surface area contributed by atoms with E-state index >= 15 is 0 Å². The Hall–Kier alpha value is -2.83. The van der Waals surface area contributed by atoms with Crippen LogP contribution in [0.15, 0.2) is 52.9 Å². The van der Waals surface area contributed by atoms with Crippen LogP contribution >= 0.6 is 23.1 Å². The summed E-state index contributed by atoms with van der Waals surface area (Å²) in [6, 6.07) is 15.5. The summed E-state index contributed by atoms with van der Waals surface area (Å²) in [6.07, 6.45) is -1.75. The number of ether oxygens (including phenoxy) is 3. The molecule has 2 N–H and O–H groups in total. The first-order valence-corrected chi connectivity index (χ1v) is 14.5. The van der Waals surface area contributed by atoms with E-state index in [1.807, 2.05) is 55.5 Å². The fraction of sp³-hybridized carbons (Fsp3) is 0.429. The highest BCUT2D eigenvalue weighted by atomic mass is 32.2. The number of hydrogen-bond donors (Lipinski definition) is 2. The number of carbonyl (C=O) groups is 2. The summed E-state index contributed by atoms with van der Waals surface area (Å²) in [5, 5.41) is 21.5. The molecule has 1 aliphatic rings. The Morgan fingerprint density at radius 3 is 2.36 bits per heavy atom. The second-order valence-corrected chi connectivity index (χ2v) is 11.9. The molecular formula is C28H33N3O6S2. The van der Waals surface area contributed by atoms with Gasteiger partial charge in [0.2, 0.25) is 0 Å². The van der Waals surface area contributed by atoms with Gasteiger partial charge in [0.05, 0.1) is 18.8 Å². The monoisotopic (exact) mass is 571 g/mol. The van der Waals surface area contributed by atoms with Gasteiger partial charge in [0, 0.05) is 30.7 Å². The van der Waals surface area contributed by atoms with Crippen LogP contribution in [0.5, 0.6) is 0 Å². The van der Waals surface area contributed by atoms with Crippen LogP contribution in [0.4, 0.5) is 0 Å². The quantitative estimate of drug-likeness (QED) is 0.268. The molecule has 0 spiro atoms. The van der Waals surface area contributed by atoms with Crippen LogP contribution < -0.4 is 5.32 Å². The number of benzene rings is 2.